The molecule has 0 aliphatic rings. The summed E-state index contributed by atoms with van der Waals surface area (Å²) in [6.45, 7) is 4.01. The lowest BCUT2D eigenvalue weighted by Gasteiger charge is -2.13. The van der Waals surface area contributed by atoms with Crippen LogP contribution < -0.4 is 10.6 Å². The van der Waals surface area contributed by atoms with Crippen molar-refractivity contribution in [2.24, 2.45) is 4.99 Å². The van der Waals surface area contributed by atoms with Crippen molar-refractivity contribution < 1.29 is 9.50 Å². The summed E-state index contributed by atoms with van der Waals surface area (Å²) in [5, 5.41) is 17.8. The number of nitrogens with zero attached hydrogens (tertiary/aromatic N) is 1. The number of hydrogen-bond acceptors (Lipinski definition) is 2. The van der Waals surface area contributed by atoms with E-state index in [0.29, 0.717) is 19.5 Å². The first-order valence-corrected chi connectivity index (χ1v) is 9.68. The van der Waals surface area contributed by atoms with Crippen molar-refractivity contribution in [3.05, 3.63) is 71.7 Å². The van der Waals surface area contributed by atoms with Crippen molar-refractivity contribution in [1.82, 2.24) is 15.6 Å². The lowest BCUT2D eigenvalue weighted by molar-refractivity contribution is 0.170. The van der Waals surface area contributed by atoms with Gasteiger partial charge in [0.1, 0.15) is 5.82 Å². The third-order valence-electron chi connectivity index (χ3n) is 4.62. The smallest absolute Gasteiger partial charge is 0.191 e. The molecule has 3 aromatic rings. The molecule has 1 atom stereocenters. The highest BCUT2D eigenvalue weighted by atomic mass is 127. The van der Waals surface area contributed by atoms with Crippen molar-refractivity contribution in [3.8, 4) is 0 Å². The molecule has 0 saturated heterocycles. The SMILES string of the molecule is CCNC(=NCCC(O)c1ccccc1)NCCc1c[nH]c2cc(F)ccc12.I. The molecule has 7 heteroatoms. The van der Waals surface area contributed by atoms with E-state index >= 15 is 0 Å². The van der Waals surface area contributed by atoms with Crippen LogP contribution >= 0.6 is 24.0 Å². The number of aliphatic hydroxyl groups excluding tert-OH is 1. The van der Waals surface area contributed by atoms with Crippen molar-refractivity contribution in [1.29, 1.82) is 0 Å². The number of guanidine groups is 1. The maximum atomic E-state index is 13.3. The average molecular weight is 510 g/mol. The van der Waals surface area contributed by atoms with Gasteiger partial charge in [-0.15, -0.1) is 24.0 Å². The molecule has 156 valence electrons. The molecule has 4 N–H and O–H groups in total. The molecule has 0 bridgehead atoms. The highest BCUT2D eigenvalue weighted by molar-refractivity contribution is 14.0. The van der Waals surface area contributed by atoms with E-state index in [1.54, 1.807) is 6.07 Å². The fraction of sp³-hybridized carbons (Fsp3) is 0.318. The van der Waals surface area contributed by atoms with Crippen LogP contribution in [0.3, 0.4) is 0 Å². The maximum absolute atomic E-state index is 13.3. The summed E-state index contributed by atoms with van der Waals surface area (Å²) >= 11 is 0. The van der Waals surface area contributed by atoms with Gasteiger partial charge >= 0.3 is 0 Å². The van der Waals surface area contributed by atoms with Gasteiger partial charge in [0.25, 0.3) is 0 Å². The summed E-state index contributed by atoms with van der Waals surface area (Å²) in [5.41, 5.74) is 2.86. The lowest BCUT2D eigenvalue weighted by Crippen LogP contribution is -2.38. The summed E-state index contributed by atoms with van der Waals surface area (Å²) in [7, 11) is 0. The molecule has 5 nitrogen and oxygen atoms in total. The summed E-state index contributed by atoms with van der Waals surface area (Å²) in [6.07, 6.45) is 2.77. The number of nitrogens with one attached hydrogen (secondary N) is 3. The van der Waals surface area contributed by atoms with Gasteiger partial charge in [0, 0.05) is 36.7 Å². The van der Waals surface area contributed by atoms with Crippen LogP contribution in [0.25, 0.3) is 10.9 Å². The van der Waals surface area contributed by atoms with Gasteiger partial charge in [0.15, 0.2) is 5.96 Å². The van der Waals surface area contributed by atoms with Crippen molar-refractivity contribution in [3.63, 3.8) is 0 Å². The van der Waals surface area contributed by atoms with E-state index in [4.69, 9.17) is 0 Å². The van der Waals surface area contributed by atoms with Gasteiger partial charge in [0.2, 0.25) is 0 Å². The quantitative estimate of drug-likeness (QED) is 0.209. The second kappa shape index (κ2) is 11.8. The number of halogens is 2. The van der Waals surface area contributed by atoms with Crippen LogP contribution in [0.4, 0.5) is 4.39 Å². The Hall–Kier alpha value is -2.13. The van der Waals surface area contributed by atoms with E-state index in [1.807, 2.05) is 43.5 Å². The third kappa shape index (κ3) is 6.71. The second-order valence-corrected chi connectivity index (χ2v) is 6.66. The summed E-state index contributed by atoms with van der Waals surface area (Å²) in [5.74, 6) is 0.493. The molecule has 0 aliphatic heterocycles. The molecule has 1 aromatic heterocycles. The molecule has 1 unspecified atom stereocenters. The predicted octanol–water partition coefficient (Wildman–Crippen LogP) is 4.15. The van der Waals surface area contributed by atoms with Crippen molar-refractivity contribution >= 4 is 40.8 Å². The molecular formula is C22H28FIN4O. The molecule has 0 fully saturated rings. The average Bonchev–Trinajstić information content (AvgIpc) is 3.10. The Balaban J connectivity index is 0.00000300. The second-order valence-electron chi connectivity index (χ2n) is 6.66. The zero-order chi connectivity index (χ0) is 19.8. The van der Waals surface area contributed by atoms with Crippen molar-refractivity contribution in [2.75, 3.05) is 19.6 Å². The first-order valence-electron chi connectivity index (χ1n) is 9.68. The van der Waals surface area contributed by atoms with Crippen LogP contribution in [0.2, 0.25) is 0 Å². The summed E-state index contributed by atoms with van der Waals surface area (Å²) in [6, 6.07) is 14.4. The van der Waals surface area contributed by atoms with Gasteiger partial charge < -0.3 is 20.7 Å². The first kappa shape index (κ1) is 23.2. The molecule has 0 spiro atoms. The number of H-pyrrole nitrogens is 1. The Labute approximate surface area is 187 Å². The minimum Gasteiger partial charge on any atom is -0.388 e. The highest BCUT2D eigenvalue weighted by Crippen LogP contribution is 2.19. The Morgan fingerprint density at radius 1 is 1.17 bits per heavy atom. The Morgan fingerprint density at radius 2 is 1.97 bits per heavy atom. The Kier molecular flexibility index (Phi) is 9.40. The number of aliphatic imine (C=N–C) groups is 1. The summed E-state index contributed by atoms with van der Waals surface area (Å²) in [4.78, 5) is 7.66. The van der Waals surface area contributed by atoms with Gasteiger partial charge in [-0.05, 0) is 49.1 Å². The molecule has 1 heterocycles. The van der Waals surface area contributed by atoms with Crippen LogP contribution in [0.1, 0.15) is 30.6 Å². The molecular weight excluding hydrogens is 482 g/mol. The zero-order valence-electron chi connectivity index (χ0n) is 16.5. The van der Waals surface area contributed by atoms with Crippen LogP contribution in [-0.2, 0) is 6.42 Å². The molecule has 29 heavy (non-hydrogen) atoms. The molecule has 0 saturated carbocycles. The monoisotopic (exact) mass is 510 g/mol. The topological polar surface area (TPSA) is 72.4 Å². The minimum atomic E-state index is -0.514. The lowest BCUT2D eigenvalue weighted by atomic mass is 10.1. The fourth-order valence-electron chi connectivity index (χ4n) is 3.16. The van der Waals surface area contributed by atoms with Gasteiger partial charge in [-0.2, -0.15) is 0 Å². The fourth-order valence-corrected chi connectivity index (χ4v) is 3.16. The van der Waals surface area contributed by atoms with Crippen LogP contribution in [-0.4, -0.2) is 35.7 Å². The van der Waals surface area contributed by atoms with E-state index in [1.165, 1.54) is 12.1 Å². The van der Waals surface area contributed by atoms with Crippen molar-refractivity contribution in [2.45, 2.75) is 25.9 Å². The van der Waals surface area contributed by atoms with Crippen LogP contribution in [0, 0.1) is 5.82 Å². The first-order chi connectivity index (χ1) is 13.7. The molecule has 0 radical (unpaired) electrons. The van der Waals surface area contributed by atoms with Crippen LogP contribution in [0.5, 0.6) is 0 Å². The van der Waals surface area contributed by atoms with Crippen LogP contribution in [0.15, 0.2) is 59.7 Å². The normalized spacial score (nSPS) is 12.4. The predicted molar refractivity (Wildman–Crippen MR) is 127 cm³/mol. The third-order valence-corrected chi connectivity index (χ3v) is 4.62. The number of aromatic nitrogens is 1. The van der Waals surface area contributed by atoms with Gasteiger partial charge in [0.05, 0.1) is 6.10 Å². The molecule has 3 rings (SSSR count). The highest BCUT2D eigenvalue weighted by Gasteiger charge is 2.07. The number of fused-ring (bicyclic) bond motifs is 1. The van der Waals surface area contributed by atoms with E-state index in [0.717, 1.165) is 41.0 Å². The van der Waals surface area contributed by atoms with E-state index in [-0.39, 0.29) is 29.8 Å². The Morgan fingerprint density at radius 3 is 2.72 bits per heavy atom. The number of hydrogen-bond donors (Lipinski definition) is 4. The standard InChI is InChI=1S/C22H27FN4O.HI/c1-2-24-22(26-13-11-21(28)16-6-4-3-5-7-16)25-12-10-17-15-27-20-14-18(23)8-9-19(17)20;/h3-9,14-15,21,27-28H,2,10-13H2,1H3,(H2,24,25,26);1H. The summed E-state index contributed by atoms with van der Waals surface area (Å²) < 4.78 is 13.3. The maximum Gasteiger partial charge on any atom is 0.191 e. The van der Waals surface area contributed by atoms with E-state index < -0.39 is 6.10 Å². The molecule has 0 aliphatic carbocycles. The number of aliphatic hydroxyl groups is 1. The van der Waals surface area contributed by atoms with Gasteiger partial charge in [-0.1, -0.05) is 30.3 Å². The Bertz CT molecular complexity index is 914. The molecule has 0 amide bonds. The van der Waals surface area contributed by atoms with Gasteiger partial charge in [-0.25, -0.2) is 4.39 Å². The zero-order valence-corrected chi connectivity index (χ0v) is 18.8. The molecule has 2 aromatic carbocycles. The number of rotatable bonds is 8. The van der Waals surface area contributed by atoms with E-state index in [2.05, 4.69) is 20.6 Å². The van der Waals surface area contributed by atoms with Gasteiger partial charge in [-0.3, -0.25) is 4.99 Å². The largest absolute Gasteiger partial charge is 0.388 e. The number of benzene rings is 2. The number of aromatic amines is 1. The van der Waals surface area contributed by atoms with E-state index in [9.17, 15) is 9.50 Å². The minimum absolute atomic E-state index is 0.